The van der Waals surface area contributed by atoms with E-state index in [4.69, 9.17) is 11.6 Å². The fraction of sp³-hybridized carbons (Fsp3) is 0.167. The molecule has 0 aliphatic carbocycles. The maximum Gasteiger partial charge on any atom is 0.257 e. The van der Waals surface area contributed by atoms with Gasteiger partial charge in [-0.15, -0.1) is 0 Å². The largest absolute Gasteiger partial charge is 0.324 e. The Morgan fingerprint density at radius 1 is 1.27 bits per heavy atom. The summed E-state index contributed by atoms with van der Waals surface area (Å²) in [5.74, 6) is -0.0722. The van der Waals surface area contributed by atoms with E-state index in [1.165, 1.54) is 23.2 Å². The van der Waals surface area contributed by atoms with Crippen LogP contribution < -0.4 is 10.9 Å². The zero-order valence-corrected chi connectivity index (χ0v) is 15.0. The number of anilines is 1. The topological polar surface area (TPSA) is 89.8 Å². The van der Waals surface area contributed by atoms with Crippen molar-refractivity contribution in [2.75, 3.05) is 5.32 Å². The highest BCUT2D eigenvalue weighted by Gasteiger charge is 2.17. The van der Waals surface area contributed by atoms with Crippen LogP contribution in [0.1, 0.15) is 11.3 Å². The fourth-order valence-corrected chi connectivity index (χ4v) is 2.61. The van der Waals surface area contributed by atoms with Crippen molar-refractivity contribution in [2.45, 2.75) is 20.4 Å². The number of carbonyl (C=O) groups excluding carboxylic acids is 1. The smallest absolute Gasteiger partial charge is 0.257 e. The Labute approximate surface area is 154 Å². The van der Waals surface area contributed by atoms with E-state index in [2.05, 4.69) is 20.3 Å². The number of nitrogens with zero attached hydrogens (tertiary/aromatic N) is 4. The molecule has 26 heavy (non-hydrogen) atoms. The average molecular weight is 370 g/mol. The van der Waals surface area contributed by atoms with Gasteiger partial charge in [0.1, 0.15) is 12.2 Å². The first-order valence-corrected chi connectivity index (χ1v) is 8.23. The Hall–Kier alpha value is -3.06. The van der Waals surface area contributed by atoms with Crippen LogP contribution in [0.3, 0.4) is 0 Å². The van der Waals surface area contributed by atoms with Gasteiger partial charge in [-0.1, -0.05) is 17.7 Å². The van der Waals surface area contributed by atoms with Crippen LogP contribution in [0.4, 0.5) is 5.69 Å². The molecule has 0 aliphatic rings. The predicted molar refractivity (Wildman–Crippen MR) is 99.1 cm³/mol. The summed E-state index contributed by atoms with van der Waals surface area (Å²) in [5.41, 5.74) is 1.74. The molecule has 0 spiro atoms. The fourth-order valence-electron chi connectivity index (χ4n) is 2.42. The first-order valence-electron chi connectivity index (χ1n) is 7.85. The van der Waals surface area contributed by atoms with Crippen molar-refractivity contribution in [3.8, 4) is 11.5 Å². The molecule has 1 aromatic carbocycles. The van der Waals surface area contributed by atoms with Crippen molar-refractivity contribution >= 4 is 23.2 Å². The van der Waals surface area contributed by atoms with Gasteiger partial charge in [0.05, 0.1) is 6.20 Å². The van der Waals surface area contributed by atoms with Crippen LogP contribution in [-0.2, 0) is 11.3 Å². The van der Waals surface area contributed by atoms with E-state index >= 15 is 0 Å². The van der Waals surface area contributed by atoms with E-state index in [0.717, 1.165) is 0 Å². The van der Waals surface area contributed by atoms with E-state index < -0.39 is 0 Å². The number of amides is 1. The second-order valence-corrected chi connectivity index (χ2v) is 6.12. The van der Waals surface area contributed by atoms with Crippen LogP contribution in [0, 0.1) is 13.8 Å². The molecule has 3 rings (SSSR count). The lowest BCUT2D eigenvalue weighted by atomic mass is 10.2. The predicted octanol–water partition coefficient (Wildman–Crippen LogP) is 2.61. The number of benzene rings is 1. The van der Waals surface area contributed by atoms with Gasteiger partial charge in [0, 0.05) is 34.4 Å². The minimum atomic E-state index is -0.371. The Balaban J connectivity index is 1.97. The molecular formula is C18H16ClN5O2. The number of rotatable bonds is 4. The van der Waals surface area contributed by atoms with Crippen molar-refractivity contribution in [1.82, 2.24) is 19.5 Å². The Morgan fingerprint density at radius 2 is 2.08 bits per heavy atom. The molecule has 7 nitrogen and oxygen atoms in total. The van der Waals surface area contributed by atoms with E-state index in [0.29, 0.717) is 33.5 Å². The van der Waals surface area contributed by atoms with Crippen LogP contribution in [-0.4, -0.2) is 25.4 Å². The maximum atomic E-state index is 12.7. The first kappa shape index (κ1) is 17.8. The SMILES string of the molecule is Cc1nc(-c2cnccn2)n(CC(=O)Nc2cccc(Cl)c2)c(=O)c1C. The summed E-state index contributed by atoms with van der Waals surface area (Å²) >= 11 is 5.93. The summed E-state index contributed by atoms with van der Waals surface area (Å²) in [4.78, 5) is 37.8. The van der Waals surface area contributed by atoms with Crippen molar-refractivity contribution < 1.29 is 4.79 Å². The van der Waals surface area contributed by atoms with Gasteiger partial charge in [0.2, 0.25) is 5.91 Å². The lowest BCUT2D eigenvalue weighted by Gasteiger charge is -2.14. The lowest BCUT2D eigenvalue weighted by molar-refractivity contribution is -0.116. The summed E-state index contributed by atoms with van der Waals surface area (Å²) in [7, 11) is 0. The molecule has 0 radical (unpaired) electrons. The summed E-state index contributed by atoms with van der Waals surface area (Å²) in [6.45, 7) is 3.22. The van der Waals surface area contributed by atoms with Gasteiger partial charge >= 0.3 is 0 Å². The number of aryl methyl sites for hydroxylation is 1. The summed E-state index contributed by atoms with van der Waals surface area (Å²) < 4.78 is 1.30. The minimum absolute atomic E-state index is 0.203. The monoisotopic (exact) mass is 369 g/mol. The van der Waals surface area contributed by atoms with Gasteiger partial charge in [-0.05, 0) is 32.0 Å². The molecule has 132 valence electrons. The van der Waals surface area contributed by atoms with E-state index in [-0.39, 0.29) is 18.0 Å². The van der Waals surface area contributed by atoms with Gasteiger partial charge in [0.25, 0.3) is 5.56 Å². The van der Waals surface area contributed by atoms with Gasteiger partial charge in [0.15, 0.2) is 5.82 Å². The minimum Gasteiger partial charge on any atom is -0.324 e. The van der Waals surface area contributed by atoms with Crippen molar-refractivity contribution in [3.05, 3.63) is 69.5 Å². The molecule has 0 atom stereocenters. The van der Waals surface area contributed by atoms with Crippen molar-refractivity contribution in [3.63, 3.8) is 0 Å². The highest BCUT2D eigenvalue weighted by molar-refractivity contribution is 6.30. The molecule has 0 aliphatic heterocycles. The number of carbonyl (C=O) groups is 1. The number of nitrogens with one attached hydrogen (secondary N) is 1. The second-order valence-electron chi connectivity index (χ2n) is 5.69. The van der Waals surface area contributed by atoms with Crippen LogP contribution in [0.25, 0.3) is 11.5 Å². The number of hydrogen-bond donors (Lipinski definition) is 1. The molecule has 8 heteroatoms. The Kier molecular flexibility index (Phi) is 5.09. The molecule has 2 heterocycles. The molecule has 0 unspecified atom stereocenters. The van der Waals surface area contributed by atoms with Crippen LogP contribution in [0.2, 0.25) is 5.02 Å². The van der Waals surface area contributed by atoms with Crippen molar-refractivity contribution in [1.29, 1.82) is 0 Å². The third-order valence-corrected chi connectivity index (χ3v) is 4.08. The Morgan fingerprint density at radius 3 is 2.77 bits per heavy atom. The van der Waals surface area contributed by atoms with Crippen molar-refractivity contribution in [2.24, 2.45) is 0 Å². The highest BCUT2D eigenvalue weighted by Crippen LogP contribution is 2.16. The zero-order valence-electron chi connectivity index (χ0n) is 14.2. The van der Waals surface area contributed by atoms with Crippen LogP contribution >= 0.6 is 11.6 Å². The first-order chi connectivity index (χ1) is 12.5. The summed E-state index contributed by atoms with van der Waals surface area (Å²) in [6, 6.07) is 6.78. The standard InChI is InChI=1S/C18H16ClN5O2/c1-11-12(2)22-17(15-9-20-6-7-21-15)24(18(11)26)10-16(25)23-14-5-3-4-13(19)8-14/h3-9H,10H2,1-2H3,(H,23,25). The third kappa shape index (κ3) is 3.78. The van der Waals surface area contributed by atoms with Gasteiger partial charge in [-0.25, -0.2) is 9.97 Å². The average Bonchev–Trinajstić information content (AvgIpc) is 2.63. The molecule has 3 aromatic rings. The Bertz CT molecular complexity index is 1020. The molecule has 2 aromatic heterocycles. The summed E-state index contributed by atoms with van der Waals surface area (Å²) in [5, 5.41) is 3.23. The molecule has 0 bridgehead atoms. The third-order valence-electron chi connectivity index (χ3n) is 3.84. The second kappa shape index (κ2) is 7.45. The van der Waals surface area contributed by atoms with Gasteiger partial charge < -0.3 is 5.32 Å². The zero-order chi connectivity index (χ0) is 18.7. The van der Waals surface area contributed by atoms with E-state index in [1.807, 2.05) is 0 Å². The lowest BCUT2D eigenvalue weighted by Crippen LogP contribution is -2.32. The molecule has 1 N–H and O–H groups in total. The normalized spacial score (nSPS) is 10.6. The summed E-state index contributed by atoms with van der Waals surface area (Å²) in [6.07, 6.45) is 4.54. The van der Waals surface area contributed by atoms with Crippen LogP contribution in [0.5, 0.6) is 0 Å². The van der Waals surface area contributed by atoms with Gasteiger partial charge in [-0.3, -0.25) is 19.1 Å². The number of hydrogen-bond acceptors (Lipinski definition) is 5. The quantitative estimate of drug-likeness (QED) is 0.763. The molecule has 0 saturated heterocycles. The van der Waals surface area contributed by atoms with E-state index in [1.54, 1.807) is 38.1 Å². The van der Waals surface area contributed by atoms with Crippen LogP contribution in [0.15, 0.2) is 47.7 Å². The molecule has 0 fully saturated rings. The van der Waals surface area contributed by atoms with E-state index in [9.17, 15) is 9.59 Å². The maximum absolute atomic E-state index is 12.7. The molecule has 1 amide bonds. The number of halogens is 1. The number of aromatic nitrogens is 4. The van der Waals surface area contributed by atoms with Gasteiger partial charge in [-0.2, -0.15) is 0 Å². The molecular weight excluding hydrogens is 354 g/mol. The molecule has 0 saturated carbocycles. The highest BCUT2D eigenvalue weighted by atomic mass is 35.5.